The summed E-state index contributed by atoms with van der Waals surface area (Å²) in [5.74, 6) is 2.89. The molecular formula is C15H20BrNOS. The van der Waals surface area contributed by atoms with Crippen LogP contribution in [0.3, 0.4) is 0 Å². The smallest absolute Gasteiger partial charge is 0.127 e. The van der Waals surface area contributed by atoms with E-state index in [2.05, 4.69) is 60.0 Å². The Morgan fingerprint density at radius 1 is 1.47 bits per heavy atom. The van der Waals surface area contributed by atoms with Crippen molar-refractivity contribution in [2.45, 2.75) is 37.3 Å². The monoisotopic (exact) mass is 341 g/mol. The Balaban J connectivity index is 2.12. The standard InChI is InChI=1S/C15H20BrNOS/c1-8(2)15-13(17-3)12-10(7-19-15)14-9(4-5-18-14)6-11(12)16/h6,8,13,15,17H,4-5,7H2,1-3H3. The molecule has 3 rings (SSSR count). The highest BCUT2D eigenvalue weighted by Gasteiger charge is 2.36. The van der Waals surface area contributed by atoms with Crippen LogP contribution in [0.2, 0.25) is 0 Å². The van der Waals surface area contributed by atoms with Gasteiger partial charge in [0, 0.05) is 33.5 Å². The van der Waals surface area contributed by atoms with Crippen LogP contribution < -0.4 is 10.1 Å². The number of ether oxygens (including phenoxy) is 1. The van der Waals surface area contributed by atoms with E-state index in [-0.39, 0.29) is 0 Å². The zero-order valence-corrected chi connectivity index (χ0v) is 14.0. The third-order valence-corrected chi connectivity index (χ3v) is 6.41. The molecule has 2 unspecified atom stereocenters. The van der Waals surface area contributed by atoms with Crippen LogP contribution in [0.25, 0.3) is 0 Å². The summed E-state index contributed by atoms with van der Waals surface area (Å²) in [6.07, 6.45) is 1.05. The first-order valence-electron chi connectivity index (χ1n) is 6.89. The fourth-order valence-corrected chi connectivity index (χ4v) is 5.45. The van der Waals surface area contributed by atoms with E-state index in [9.17, 15) is 0 Å². The third kappa shape index (κ3) is 2.22. The molecule has 2 aliphatic heterocycles. The van der Waals surface area contributed by atoms with Crippen LogP contribution in [-0.4, -0.2) is 18.9 Å². The molecule has 0 bridgehead atoms. The zero-order valence-electron chi connectivity index (χ0n) is 11.6. The summed E-state index contributed by atoms with van der Waals surface area (Å²) in [6.45, 7) is 5.45. The van der Waals surface area contributed by atoms with Crippen molar-refractivity contribution >= 4 is 27.7 Å². The van der Waals surface area contributed by atoms with Crippen LogP contribution in [0.5, 0.6) is 5.75 Å². The van der Waals surface area contributed by atoms with Gasteiger partial charge in [0.1, 0.15) is 5.75 Å². The van der Waals surface area contributed by atoms with Crippen molar-refractivity contribution in [2.24, 2.45) is 5.92 Å². The van der Waals surface area contributed by atoms with Crippen LogP contribution in [0.1, 0.15) is 36.6 Å². The van der Waals surface area contributed by atoms with Gasteiger partial charge in [-0.25, -0.2) is 0 Å². The number of rotatable bonds is 2. The normalized spacial score (nSPS) is 25.1. The first kappa shape index (κ1) is 13.8. The average Bonchev–Trinajstić information content (AvgIpc) is 2.85. The SMILES string of the molecule is CNC1c2c(Br)cc3c(c2CSC1C(C)C)OCC3. The summed E-state index contributed by atoms with van der Waals surface area (Å²) in [5.41, 5.74) is 4.19. The molecule has 4 heteroatoms. The summed E-state index contributed by atoms with van der Waals surface area (Å²) in [5, 5.41) is 4.14. The predicted octanol–water partition coefficient (Wildman–Crippen LogP) is 3.92. The van der Waals surface area contributed by atoms with Gasteiger partial charge in [-0.3, -0.25) is 0 Å². The van der Waals surface area contributed by atoms with Crippen molar-refractivity contribution in [1.82, 2.24) is 5.32 Å². The summed E-state index contributed by atoms with van der Waals surface area (Å²) in [6, 6.07) is 2.66. The molecule has 0 radical (unpaired) electrons. The van der Waals surface area contributed by atoms with Gasteiger partial charge in [0.05, 0.1) is 6.61 Å². The van der Waals surface area contributed by atoms with Gasteiger partial charge in [0.2, 0.25) is 0 Å². The number of halogens is 1. The maximum atomic E-state index is 5.88. The van der Waals surface area contributed by atoms with Gasteiger partial charge in [-0.05, 0) is 30.2 Å². The molecular weight excluding hydrogens is 322 g/mol. The molecule has 19 heavy (non-hydrogen) atoms. The van der Waals surface area contributed by atoms with Crippen LogP contribution in [0.15, 0.2) is 10.5 Å². The molecule has 0 spiro atoms. The van der Waals surface area contributed by atoms with Gasteiger partial charge in [-0.15, -0.1) is 0 Å². The molecule has 1 aromatic rings. The van der Waals surface area contributed by atoms with Gasteiger partial charge in [0.15, 0.2) is 0 Å². The lowest BCUT2D eigenvalue weighted by Crippen LogP contribution is -2.34. The molecule has 104 valence electrons. The fourth-order valence-electron chi connectivity index (χ4n) is 3.19. The minimum absolute atomic E-state index is 0.401. The number of fused-ring (bicyclic) bond motifs is 3. The number of nitrogens with one attached hydrogen (secondary N) is 1. The van der Waals surface area contributed by atoms with Crippen molar-refractivity contribution in [3.05, 3.63) is 27.2 Å². The Labute approximate surface area is 127 Å². The lowest BCUT2D eigenvalue weighted by Gasteiger charge is -2.36. The Kier molecular flexibility index (Phi) is 3.84. The van der Waals surface area contributed by atoms with Gasteiger partial charge in [0.25, 0.3) is 0 Å². The highest BCUT2D eigenvalue weighted by Crippen LogP contribution is 2.49. The van der Waals surface area contributed by atoms with Crippen LogP contribution in [-0.2, 0) is 12.2 Å². The van der Waals surface area contributed by atoms with Crippen molar-refractivity contribution in [1.29, 1.82) is 0 Å². The Hall–Kier alpha value is -0.190. The molecule has 1 aromatic carbocycles. The Morgan fingerprint density at radius 3 is 2.95 bits per heavy atom. The van der Waals surface area contributed by atoms with Crippen LogP contribution >= 0.6 is 27.7 Å². The van der Waals surface area contributed by atoms with Gasteiger partial charge >= 0.3 is 0 Å². The lowest BCUT2D eigenvalue weighted by molar-refractivity contribution is 0.352. The van der Waals surface area contributed by atoms with Crippen LogP contribution in [0.4, 0.5) is 0 Å². The Morgan fingerprint density at radius 2 is 2.26 bits per heavy atom. The van der Waals surface area contributed by atoms with Crippen molar-refractivity contribution in [2.75, 3.05) is 13.7 Å². The molecule has 0 saturated heterocycles. The van der Waals surface area contributed by atoms with E-state index in [0.29, 0.717) is 17.2 Å². The summed E-state index contributed by atoms with van der Waals surface area (Å²) in [4.78, 5) is 0. The molecule has 1 N–H and O–H groups in total. The predicted molar refractivity (Wildman–Crippen MR) is 85.1 cm³/mol. The van der Waals surface area contributed by atoms with E-state index in [0.717, 1.165) is 24.5 Å². The maximum Gasteiger partial charge on any atom is 0.127 e. The summed E-state index contributed by atoms with van der Waals surface area (Å²) >= 11 is 5.85. The van der Waals surface area contributed by atoms with E-state index in [1.54, 1.807) is 0 Å². The topological polar surface area (TPSA) is 21.3 Å². The Bertz CT molecular complexity index is 503. The molecule has 0 aliphatic carbocycles. The second-order valence-electron chi connectivity index (χ2n) is 5.62. The number of hydrogen-bond donors (Lipinski definition) is 1. The minimum Gasteiger partial charge on any atom is -0.493 e. The lowest BCUT2D eigenvalue weighted by atomic mass is 9.91. The molecule has 0 saturated carbocycles. The quantitative estimate of drug-likeness (QED) is 0.880. The molecule has 2 heterocycles. The molecule has 0 amide bonds. The van der Waals surface area contributed by atoms with E-state index >= 15 is 0 Å². The first-order chi connectivity index (χ1) is 9.13. The van der Waals surface area contributed by atoms with E-state index in [1.807, 2.05) is 0 Å². The van der Waals surface area contributed by atoms with E-state index < -0.39 is 0 Å². The van der Waals surface area contributed by atoms with Gasteiger partial charge in [-0.2, -0.15) is 11.8 Å². The van der Waals surface area contributed by atoms with Crippen molar-refractivity contribution < 1.29 is 4.74 Å². The number of benzene rings is 1. The molecule has 2 nitrogen and oxygen atoms in total. The molecule has 0 fully saturated rings. The number of thioether (sulfide) groups is 1. The van der Waals surface area contributed by atoms with Crippen molar-refractivity contribution in [3.63, 3.8) is 0 Å². The van der Waals surface area contributed by atoms with Gasteiger partial charge in [-0.1, -0.05) is 29.8 Å². The second kappa shape index (κ2) is 5.30. The highest BCUT2D eigenvalue weighted by atomic mass is 79.9. The fraction of sp³-hybridized carbons (Fsp3) is 0.600. The average molecular weight is 342 g/mol. The number of hydrogen-bond acceptors (Lipinski definition) is 3. The zero-order chi connectivity index (χ0) is 13.6. The third-order valence-electron chi connectivity index (χ3n) is 4.09. The molecule has 2 atom stereocenters. The second-order valence-corrected chi connectivity index (χ2v) is 7.64. The summed E-state index contributed by atoms with van der Waals surface area (Å²) in [7, 11) is 2.07. The van der Waals surface area contributed by atoms with Gasteiger partial charge < -0.3 is 10.1 Å². The summed E-state index contributed by atoms with van der Waals surface area (Å²) < 4.78 is 7.13. The highest BCUT2D eigenvalue weighted by molar-refractivity contribution is 9.10. The van der Waals surface area contributed by atoms with E-state index in [4.69, 9.17) is 4.74 Å². The van der Waals surface area contributed by atoms with E-state index in [1.165, 1.54) is 21.2 Å². The molecule has 2 aliphatic rings. The minimum atomic E-state index is 0.401. The molecule has 0 aromatic heterocycles. The first-order valence-corrected chi connectivity index (χ1v) is 8.73. The maximum absolute atomic E-state index is 5.88. The van der Waals surface area contributed by atoms with Crippen molar-refractivity contribution in [3.8, 4) is 5.75 Å². The van der Waals surface area contributed by atoms with Crippen LogP contribution in [0, 0.1) is 5.92 Å². The largest absolute Gasteiger partial charge is 0.493 e.